The fourth-order valence-corrected chi connectivity index (χ4v) is 3.20. The van der Waals surface area contributed by atoms with Crippen molar-refractivity contribution >= 4 is 27.8 Å². The molecule has 104 valence electrons. The van der Waals surface area contributed by atoms with E-state index in [1.165, 1.54) is 22.5 Å². The Bertz CT molecular complexity index is 644. The average molecular weight is 286 g/mol. The number of nitrogens with two attached hydrogens (primary N) is 1. The second-order valence-electron chi connectivity index (χ2n) is 5.31. The maximum atomic E-state index is 12.1. The number of Topliss-reactive ketones (excluding diaryl/α,β-unsaturated/α-hetero) is 1. The van der Waals surface area contributed by atoms with Gasteiger partial charge in [-0.25, -0.2) is 0 Å². The van der Waals surface area contributed by atoms with Crippen LogP contribution in [0.25, 0.3) is 0 Å². The van der Waals surface area contributed by atoms with Crippen LogP contribution in [-0.4, -0.2) is 5.78 Å². The molecule has 3 N–H and O–H groups in total. The van der Waals surface area contributed by atoms with Gasteiger partial charge in [0.15, 0.2) is 5.78 Å². The van der Waals surface area contributed by atoms with Gasteiger partial charge in [0.1, 0.15) is 0 Å². The molecule has 3 nitrogen and oxygen atoms in total. The van der Waals surface area contributed by atoms with Gasteiger partial charge in [0.05, 0.1) is 15.6 Å². The van der Waals surface area contributed by atoms with Gasteiger partial charge in [-0.3, -0.25) is 4.79 Å². The Morgan fingerprint density at radius 1 is 1.40 bits per heavy atom. The third-order valence-corrected chi connectivity index (χ3v) is 4.77. The third-order valence-electron chi connectivity index (χ3n) is 3.65. The van der Waals surface area contributed by atoms with Crippen LogP contribution in [0.15, 0.2) is 30.3 Å². The monoisotopic (exact) mass is 286 g/mol. The van der Waals surface area contributed by atoms with E-state index in [9.17, 15) is 4.79 Å². The molecule has 1 saturated carbocycles. The molecular weight excluding hydrogens is 268 g/mol. The van der Waals surface area contributed by atoms with Gasteiger partial charge in [-0.2, -0.15) is 0 Å². The SMILES string of the molecule is Cc1ccccc1CNc1cc(N)c(C(=O)C2CC2)s1. The molecule has 0 saturated heterocycles. The van der Waals surface area contributed by atoms with E-state index >= 15 is 0 Å². The molecule has 0 amide bonds. The number of nitrogen functional groups attached to an aromatic ring is 1. The van der Waals surface area contributed by atoms with Crippen LogP contribution in [0.1, 0.15) is 33.6 Å². The van der Waals surface area contributed by atoms with Crippen LogP contribution in [-0.2, 0) is 6.54 Å². The lowest BCUT2D eigenvalue weighted by molar-refractivity contribution is 0.0972. The predicted molar refractivity (Wildman–Crippen MR) is 84.3 cm³/mol. The molecule has 4 heteroatoms. The topological polar surface area (TPSA) is 55.1 Å². The Balaban J connectivity index is 1.70. The minimum Gasteiger partial charge on any atom is -0.397 e. The van der Waals surface area contributed by atoms with Crippen molar-refractivity contribution in [1.29, 1.82) is 0 Å². The summed E-state index contributed by atoms with van der Waals surface area (Å²) < 4.78 is 0. The van der Waals surface area contributed by atoms with E-state index in [2.05, 4.69) is 24.4 Å². The molecule has 20 heavy (non-hydrogen) atoms. The first-order chi connectivity index (χ1) is 9.65. The summed E-state index contributed by atoms with van der Waals surface area (Å²) >= 11 is 1.48. The second kappa shape index (κ2) is 5.29. The highest BCUT2D eigenvalue weighted by atomic mass is 32.1. The number of hydrogen-bond acceptors (Lipinski definition) is 4. The first-order valence-corrected chi connectivity index (χ1v) is 7.68. The number of thiophene rings is 1. The minimum absolute atomic E-state index is 0.219. The van der Waals surface area contributed by atoms with Crippen LogP contribution in [0.2, 0.25) is 0 Å². The Labute approximate surface area is 122 Å². The van der Waals surface area contributed by atoms with E-state index in [1.807, 2.05) is 18.2 Å². The quantitative estimate of drug-likeness (QED) is 0.821. The van der Waals surface area contributed by atoms with Crippen LogP contribution in [0.3, 0.4) is 0 Å². The lowest BCUT2D eigenvalue weighted by Crippen LogP contribution is -2.01. The number of rotatable bonds is 5. The summed E-state index contributed by atoms with van der Waals surface area (Å²) in [5.74, 6) is 0.441. The number of aryl methyl sites for hydroxylation is 1. The third kappa shape index (κ3) is 2.70. The fourth-order valence-electron chi connectivity index (χ4n) is 2.21. The summed E-state index contributed by atoms with van der Waals surface area (Å²) in [6.07, 6.45) is 2.03. The molecule has 1 aromatic carbocycles. The van der Waals surface area contributed by atoms with Crippen molar-refractivity contribution in [1.82, 2.24) is 0 Å². The van der Waals surface area contributed by atoms with Gasteiger partial charge in [-0.15, -0.1) is 11.3 Å². The Morgan fingerprint density at radius 2 is 2.15 bits per heavy atom. The van der Waals surface area contributed by atoms with E-state index < -0.39 is 0 Å². The number of ketones is 1. The van der Waals surface area contributed by atoms with Gasteiger partial charge in [0.2, 0.25) is 0 Å². The Hall–Kier alpha value is -1.81. The van der Waals surface area contributed by atoms with E-state index in [0.29, 0.717) is 5.69 Å². The number of hydrogen-bond donors (Lipinski definition) is 2. The van der Waals surface area contributed by atoms with Crippen molar-refractivity contribution in [2.24, 2.45) is 5.92 Å². The molecule has 2 aromatic rings. The van der Waals surface area contributed by atoms with Crippen LogP contribution >= 0.6 is 11.3 Å². The Kier molecular flexibility index (Phi) is 3.49. The highest BCUT2D eigenvalue weighted by Gasteiger charge is 2.32. The van der Waals surface area contributed by atoms with Crippen molar-refractivity contribution in [2.45, 2.75) is 26.3 Å². The first kappa shape index (κ1) is 13.2. The number of anilines is 2. The van der Waals surface area contributed by atoms with Crippen LogP contribution in [0.4, 0.5) is 10.7 Å². The fraction of sp³-hybridized carbons (Fsp3) is 0.312. The lowest BCUT2D eigenvalue weighted by Gasteiger charge is -2.06. The summed E-state index contributed by atoms with van der Waals surface area (Å²) in [4.78, 5) is 12.8. The van der Waals surface area contributed by atoms with Gasteiger partial charge < -0.3 is 11.1 Å². The van der Waals surface area contributed by atoms with Gasteiger partial charge in [-0.05, 0) is 37.0 Å². The van der Waals surface area contributed by atoms with E-state index in [1.54, 1.807) is 0 Å². The molecule has 1 heterocycles. The van der Waals surface area contributed by atoms with Gasteiger partial charge >= 0.3 is 0 Å². The van der Waals surface area contributed by atoms with Crippen LogP contribution in [0, 0.1) is 12.8 Å². The molecule has 1 fully saturated rings. The Morgan fingerprint density at radius 3 is 2.85 bits per heavy atom. The molecule has 0 unspecified atom stereocenters. The van der Waals surface area contributed by atoms with E-state index in [0.717, 1.165) is 29.3 Å². The summed E-state index contributed by atoms with van der Waals surface area (Å²) in [6.45, 7) is 2.85. The van der Waals surface area contributed by atoms with Gasteiger partial charge in [0.25, 0.3) is 0 Å². The first-order valence-electron chi connectivity index (χ1n) is 6.87. The van der Waals surface area contributed by atoms with Crippen molar-refractivity contribution < 1.29 is 4.79 Å². The largest absolute Gasteiger partial charge is 0.397 e. The van der Waals surface area contributed by atoms with Crippen molar-refractivity contribution in [2.75, 3.05) is 11.1 Å². The minimum atomic E-state index is 0.219. The average Bonchev–Trinajstić information content (AvgIpc) is 3.21. The maximum Gasteiger partial charge on any atom is 0.178 e. The molecule has 1 aliphatic rings. The summed E-state index contributed by atoms with van der Waals surface area (Å²) in [5.41, 5.74) is 9.09. The summed E-state index contributed by atoms with van der Waals surface area (Å²) in [7, 11) is 0. The molecule has 0 bridgehead atoms. The molecular formula is C16H18N2OS. The summed E-state index contributed by atoms with van der Waals surface area (Å²) in [5, 5.41) is 4.33. The number of nitrogens with one attached hydrogen (secondary N) is 1. The van der Waals surface area contributed by atoms with E-state index in [4.69, 9.17) is 5.73 Å². The van der Waals surface area contributed by atoms with Crippen LogP contribution < -0.4 is 11.1 Å². The molecule has 1 aliphatic carbocycles. The maximum absolute atomic E-state index is 12.1. The van der Waals surface area contributed by atoms with Gasteiger partial charge in [0, 0.05) is 12.5 Å². The van der Waals surface area contributed by atoms with Crippen LogP contribution in [0.5, 0.6) is 0 Å². The molecule has 3 rings (SSSR count). The lowest BCUT2D eigenvalue weighted by atomic mass is 10.1. The number of carbonyl (C=O) groups excluding carboxylic acids is 1. The molecule has 1 aromatic heterocycles. The van der Waals surface area contributed by atoms with Crippen molar-refractivity contribution in [3.63, 3.8) is 0 Å². The second-order valence-corrected chi connectivity index (χ2v) is 6.37. The number of carbonyl (C=O) groups is 1. The molecule has 0 spiro atoms. The standard InChI is InChI=1S/C16H18N2OS/c1-10-4-2-3-5-12(10)9-18-14-8-13(17)16(20-14)15(19)11-6-7-11/h2-5,8,11,18H,6-7,9,17H2,1H3. The zero-order valence-corrected chi connectivity index (χ0v) is 12.3. The van der Waals surface area contributed by atoms with Crippen molar-refractivity contribution in [3.05, 3.63) is 46.3 Å². The normalized spacial score (nSPS) is 14.2. The molecule has 0 atom stereocenters. The summed E-state index contributed by atoms with van der Waals surface area (Å²) in [6, 6.07) is 10.2. The molecule has 0 radical (unpaired) electrons. The smallest absolute Gasteiger partial charge is 0.178 e. The van der Waals surface area contributed by atoms with E-state index in [-0.39, 0.29) is 11.7 Å². The number of benzene rings is 1. The van der Waals surface area contributed by atoms with Gasteiger partial charge in [-0.1, -0.05) is 24.3 Å². The zero-order chi connectivity index (χ0) is 14.1. The predicted octanol–water partition coefficient (Wildman–Crippen LogP) is 3.84. The molecule has 0 aliphatic heterocycles. The zero-order valence-electron chi connectivity index (χ0n) is 11.5. The van der Waals surface area contributed by atoms with Crippen molar-refractivity contribution in [3.8, 4) is 0 Å². The highest BCUT2D eigenvalue weighted by Crippen LogP contribution is 2.38. The highest BCUT2D eigenvalue weighted by molar-refractivity contribution is 7.18.